The summed E-state index contributed by atoms with van der Waals surface area (Å²) in [6.45, 7) is 6.15. The Kier molecular flexibility index (Phi) is 2.73. The highest BCUT2D eigenvalue weighted by Gasteiger charge is 2.42. The molecule has 0 aromatic heterocycles. The number of hydrogen-bond acceptors (Lipinski definition) is 2. The quantitative estimate of drug-likeness (QED) is 0.707. The molecule has 1 heterocycles. The molecule has 1 aliphatic heterocycles. The third-order valence-corrected chi connectivity index (χ3v) is 4.91. The summed E-state index contributed by atoms with van der Waals surface area (Å²) in [5.41, 5.74) is 0. The Hall–Kier alpha value is -0.0800. The largest absolute Gasteiger partial charge is 0.313 e. The smallest absolute Gasteiger partial charge is 0.0127 e. The number of hydrogen-bond donors (Lipinski definition) is 1. The van der Waals surface area contributed by atoms with Crippen LogP contribution in [0.15, 0.2) is 0 Å². The molecule has 1 N–H and O–H groups in total. The molecule has 15 heavy (non-hydrogen) atoms. The van der Waals surface area contributed by atoms with E-state index in [4.69, 9.17) is 0 Å². The normalized spacial score (nSPS) is 47.0. The van der Waals surface area contributed by atoms with Crippen LogP contribution in [0.1, 0.15) is 39.0 Å². The molecule has 2 heteroatoms. The maximum absolute atomic E-state index is 3.60. The first-order valence-corrected chi connectivity index (χ1v) is 6.80. The molecule has 2 aliphatic carbocycles. The van der Waals surface area contributed by atoms with E-state index < -0.39 is 0 Å². The van der Waals surface area contributed by atoms with Crippen molar-refractivity contribution < 1.29 is 0 Å². The molecule has 0 aromatic rings. The van der Waals surface area contributed by atoms with Gasteiger partial charge in [-0.15, -0.1) is 0 Å². The third-order valence-electron chi connectivity index (χ3n) is 4.91. The van der Waals surface area contributed by atoms with E-state index in [1.54, 1.807) is 6.42 Å². The first kappa shape index (κ1) is 10.1. The molecule has 2 nitrogen and oxygen atoms in total. The van der Waals surface area contributed by atoms with E-state index in [2.05, 4.69) is 17.1 Å². The lowest BCUT2D eigenvalue weighted by Gasteiger charge is -2.33. The van der Waals surface area contributed by atoms with Gasteiger partial charge in [0.25, 0.3) is 0 Å². The number of nitrogens with one attached hydrogen (secondary N) is 1. The van der Waals surface area contributed by atoms with E-state index in [1.807, 2.05) is 0 Å². The molecule has 3 fully saturated rings. The van der Waals surface area contributed by atoms with Crippen molar-refractivity contribution in [3.8, 4) is 0 Å². The van der Waals surface area contributed by atoms with Crippen molar-refractivity contribution in [3.05, 3.63) is 0 Å². The van der Waals surface area contributed by atoms with Crippen LogP contribution in [0.5, 0.6) is 0 Å². The minimum Gasteiger partial charge on any atom is -0.313 e. The van der Waals surface area contributed by atoms with E-state index in [0.717, 1.165) is 23.9 Å². The Labute approximate surface area is 93.4 Å². The van der Waals surface area contributed by atoms with E-state index >= 15 is 0 Å². The molecule has 1 saturated heterocycles. The zero-order valence-corrected chi connectivity index (χ0v) is 9.91. The number of nitrogens with zero attached hydrogens (tertiary/aromatic N) is 1. The molecular formula is C13H24N2. The molecule has 0 amide bonds. The summed E-state index contributed by atoms with van der Waals surface area (Å²) in [6.07, 6.45) is 7.45. The van der Waals surface area contributed by atoms with Gasteiger partial charge in [0, 0.05) is 25.2 Å². The van der Waals surface area contributed by atoms with Crippen LogP contribution >= 0.6 is 0 Å². The fraction of sp³-hybridized carbons (Fsp3) is 1.00. The van der Waals surface area contributed by atoms with E-state index in [1.165, 1.54) is 45.3 Å². The molecule has 0 radical (unpaired) electrons. The summed E-state index contributed by atoms with van der Waals surface area (Å²) in [5.74, 6) is 2.15. The Morgan fingerprint density at radius 1 is 1.07 bits per heavy atom. The lowest BCUT2D eigenvalue weighted by molar-refractivity contribution is 0.151. The molecule has 3 rings (SSSR count). The maximum atomic E-state index is 3.60. The van der Waals surface area contributed by atoms with Gasteiger partial charge in [-0.2, -0.15) is 0 Å². The summed E-state index contributed by atoms with van der Waals surface area (Å²) in [6, 6.07) is 1.68. The molecule has 4 atom stereocenters. The topological polar surface area (TPSA) is 15.3 Å². The minimum atomic E-state index is 0.730. The second kappa shape index (κ2) is 4.06. The van der Waals surface area contributed by atoms with Crippen molar-refractivity contribution in [2.24, 2.45) is 11.8 Å². The van der Waals surface area contributed by atoms with Crippen LogP contribution in [-0.4, -0.2) is 36.6 Å². The molecule has 86 valence electrons. The first-order valence-electron chi connectivity index (χ1n) is 6.80. The van der Waals surface area contributed by atoms with Gasteiger partial charge in [-0.05, 0) is 51.0 Å². The summed E-state index contributed by atoms with van der Waals surface area (Å²) in [7, 11) is 0. The van der Waals surface area contributed by atoms with Gasteiger partial charge < -0.3 is 5.32 Å². The van der Waals surface area contributed by atoms with Gasteiger partial charge in [-0.3, -0.25) is 4.90 Å². The van der Waals surface area contributed by atoms with Crippen LogP contribution in [-0.2, 0) is 0 Å². The molecule has 0 aromatic carbocycles. The SMILES string of the molecule is CC1CCN(C2CC3CCC2C3)CCN1. The van der Waals surface area contributed by atoms with Crippen LogP contribution in [0, 0.1) is 11.8 Å². The van der Waals surface area contributed by atoms with Crippen LogP contribution in [0.2, 0.25) is 0 Å². The Morgan fingerprint density at radius 3 is 2.73 bits per heavy atom. The fourth-order valence-electron chi connectivity index (χ4n) is 4.02. The lowest BCUT2D eigenvalue weighted by atomic mass is 9.94. The monoisotopic (exact) mass is 208 g/mol. The van der Waals surface area contributed by atoms with Gasteiger partial charge in [0.2, 0.25) is 0 Å². The van der Waals surface area contributed by atoms with Crippen molar-refractivity contribution in [2.75, 3.05) is 19.6 Å². The van der Waals surface area contributed by atoms with Crippen LogP contribution < -0.4 is 5.32 Å². The van der Waals surface area contributed by atoms with Crippen molar-refractivity contribution >= 4 is 0 Å². The van der Waals surface area contributed by atoms with Crippen LogP contribution in [0.3, 0.4) is 0 Å². The lowest BCUT2D eigenvalue weighted by Crippen LogP contribution is -2.41. The summed E-state index contributed by atoms with van der Waals surface area (Å²) >= 11 is 0. The minimum absolute atomic E-state index is 0.730. The van der Waals surface area contributed by atoms with Gasteiger partial charge in [0.05, 0.1) is 0 Å². The van der Waals surface area contributed by atoms with Gasteiger partial charge in [0.1, 0.15) is 0 Å². The Morgan fingerprint density at radius 2 is 2.00 bits per heavy atom. The number of fused-ring (bicyclic) bond motifs is 2. The maximum Gasteiger partial charge on any atom is 0.0127 e. The number of rotatable bonds is 1. The van der Waals surface area contributed by atoms with E-state index in [9.17, 15) is 0 Å². The Bertz CT molecular complexity index is 229. The van der Waals surface area contributed by atoms with E-state index in [-0.39, 0.29) is 0 Å². The highest BCUT2D eigenvalue weighted by molar-refractivity contribution is 4.96. The van der Waals surface area contributed by atoms with Gasteiger partial charge in [0.15, 0.2) is 0 Å². The third kappa shape index (κ3) is 1.94. The van der Waals surface area contributed by atoms with E-state index in [0.29, 0.717) is 0 Å². The molecule has 2 bridgehead atoms. The average Bonchev–Trinajstić information content (AvgIpc) is 2.79. The highest BCUT2D eigenvalue weighted by Crippen LogP contribution is 2.46. The van der Waals surface area contributed by atoms with Crippen molar-refractivity contribution in [2.45, 2.75) is 51.1 Å². The summed E-state index contributed by atoms with van der Waals surface area (Å²) in [4.78, 5) is 2.79. The average molecular weight is 208 g/mol. The molecule has 0 spiro atoms. The summed E-state index contributed by atoms with van der Waals surface area (Å²) < 4.78 is 0. The molecule has 3 aliphatic rings. The van der Waals surface area contributed by atoms with Crippen LogP contribution in [0.25, 0.3) is 0 Å². The van der Waals surface area contributed by atoms with Gasteiger partial charge in [-0.1, -0.05) is 6.42 Å². The highest BCUT2D eigenvalue weighted by atomic mass is 15.2. The fourth-order valence-corrected chi connectivity index (χ4v) is 4.02. The predicted molar refractivity (Wildman–Crippen MR) is 62.9 cm³/mol. The zero-order valence-electron chi connectivity index (χ0n) is 9.91. The Balaban J connectivity index is 1.62. The van der Waals surface area contributed by atoms with Crippen molar-refractivity contribution in [1.82, 2.24) is 10.2 Å². The second-order valence-corrected chi connectivity index (χ2v) is 5.92. The predicted octanol–water partition coefficient (Wildman–Crippen LogP) is 1.86. The van der Waals surface area contributed by atoms with Crippen LogP contribution in [0.4, 0.5) is 0 Å². The summed E-state index contributed by atoms with van der Waals surface area (Å²) in [5, 5.41) is 3.60. The molecule has 2 saturated carbocycles. The van der Waals surface area contributed by atoms with Crippen molar-refractivity contribution in [3.63, 3.8) is 0 Å². The zero-order chi connectivity index (χ0) is 10.3. The van der Waals surface area contributed by atoms with Gasteiger partial charge >= 0.3 is 0 Å². The molecule has 4 unspecified atom stereocenters. The van der Waals surface area contributed by atoms with Gasteiger partial charge in [-0.25, -0.2) is 0 Å². The standard InChI is InChI=1S/C13H24N2/c1-10-4-6-15(7-5-14-10)13-9-11-2-3-12(13)8-11/h10-14H,2-9H2,1H3. The first-order chi connectivity index (χ1) is 7.33. The molecular weight excluding hydrogens is 184 g/mol. The second-order valence-electron chi connectivity index (χ2n) is 5.92. The van der Waals surface area contributed by atoms with Crippen molar-refractivity contribution in [1.29, 1.82) is 0 Å².